The molecule has 0 radical (unpaired) electrons. The van der Waals surface area contributed by atoms with E-state index >= 15 is 0 Å². The zero-order chi connectivity index (χ0) is 17.8. The van der Waals surface area contributed by atoms with Gasteiger partial charge in [-0.3, -0.25) is 4.79 Å². The van der Waals surface area contributed by atoms with E-state index in [1.54, 1.807) is 13.3 Å². The van der Waals surface area contributed by atoms with Gasteiger partial charge in [0, 0.05) is 31.4 Å². The van der Waals surface area contributed by atoms with Gasteiger partial charge in [-0.15, -0.1) is 0 Å². The van der Waals surface area contributed by atoms with Gasteiger partial charge in [0.05, 0.1) is 7.11 Å². The molecule has 0 saturated carbocycles. The molecule has 1 aromatic heterocycles. The van der Waals surface area contributed by atoms with Crippen molar-refractivity contribution in [2.24, 2.45) is 13.0 Å². The van der Waals surface area contributed by atoms with Crippen molar-refractivity contribution in [2.45, 2.75) is 31.8 Å². The molecule has 1 aliphatic heterocycles. The van der Waals surface area contributed by atoms with Crippen LogP contribution < -0.4 is 15.4 Å². The lowest BCUT2D eigenvalue weighted by Gasteiger charge is -2.29. The SMILES string of the molecule is COc1ccc(C(NC(=O)[C@H]2CCN[C@@H](C)C2)c2nccn2C)cc1. The van der Waals surface area contributed by atoms with Crippen LogP contribution in [0.15, 0.2) is 36.7 Å². The Morgan fingerprint density at radius 1 is 1.40 bits per heavy atom. The zero-order valence-electron chi connectivity index (χ0n) is 15.0. The third-order valence-corrected chi connectivity index (χ3v) is 4.85. The van der Waals surface area contributed by atoms with Crippen molar-refractivity contribution in [1.82, 2.24) is 20.2 Å². The maximum atomic E-state index is 12.9. The minimum absolute atomic E-state index is 0.0391. The summed E-state index contributed by atoms with van der Waals surface area (Å²) in [5.41, 5.74) is 0.991. The number of amides is 1. The van der Waals surface area contributed by atoms with Gasteiger partial charge in [0.1, 0.15) is 17.6 Å². The largest absolute Gasteiger partial charge is 0.497 e. The molecule has 0 aliphatic carbocycles. The quantitative estimate of drug-likeness (QED) is 0.872. The molecule has 1 aliphatic rings. The molecule has 1 amide bonds. The number of nitrogens with one attached hydrogen (secondary N) is 2. The van der Waals surface area contributed by atoms with Gasteiger partial charge >= 0.3 is 0 Å². The van der Waals surface area contributed by atoms with E-state index in [1.165, 1.54) is 0 Å². The third kappa shape index (κ3) is 4.02. The molecule has 1 fully saturated rings. The Morgan fingerprint density at radius 2 is 2.16 bits per heavy atom. The molecule has 1 aromatic carbocycles. The topological polar surface area (TPSA) is 68.2 Å². The summed E-state index contributed by atoms with van der Waals surface area (Å²) in [5, 5.41) is 6.60. The van der Waals surface area contributed by atoms with Gasteiger partial charge in [-0.1, -0.05) is 12.1 Å². The van der Waals surface area contributed by atoms with Crippen LogP contribution in [-0.2, 0) is 11.8 Å². The maximum absolute atomic E-state index is 12.9. The van der Waals surface area contributed by atoms with Crippen LogP contribution in [0.1, 0.15) is 37.2 Å². The first-order valence-corrected chi connectivity index (χ1v) is 8.73. The van der Waals surface area contributed by atoms with Crippen molar-refractivity contribution in [3.05, 3.63) is 48.0 Å². The molecule has 134 valence electrons. The summed E-state index contributed by atoms with van der Waals surface area (Å²) in [4.78, 5) is 17.3. The van der Waals surface area contributed by atoms with E-state index in [1.807, 2.05) is 42.1 Å². The molecule has 0 bridgehead atoms. The van der Waals surface area contributed by atoms with Crippen molar-refractivity contribution in [3.63, 3.8) is 0 Å². The minimum atomic E-state index is -0.274. The number of imidazole rings is 1. The van der Waals surface area contributed by atoms with Gasteiger partial charge in [0.2, 0.25) is 5.91 Å². The van der Waals surface area contributed by atoms with E-state index in [0.717, 1.165) is 36.5 Å². The Labute approximate surface area is 148 Å². The summed E-state index contributed by atoms with van der Waals surface area (Å²) >= 11 is 0. The van der Waals surface area contributed by atoms with Gasteiger partial charge < -0.3 is 19.9 Å². The molecular formula is C19H26N4O2. The number of methoxy groups -OCH3 is 1. The molecule has 25 heavy (non-hydrogen) atoms. The van der Waals surface area contributed by atoms with E-state index in [9.17, 15) is 4.79 Å². The molecular weight excluding hydrogens is 316 g/mol. The fourth-order valence-electron chi connectivity index (χ4n) is 3.38. The number of nitrogens with zero attached hydrogens (tertiary/aromatic N) is 2. The van der Waals surface area contributed by atoms with E-state index in [0.29, 0.717) is 6.04 Å². The second kappa shape index (κ2) is 7.70. The number of rotatable bonds is 5. The number of hydrogen-bond acceptors (Lipinski definition) is 4. The average Bonchev–Trinajstić information content (AvgIpc) is 3.05. The highest BCUT2D eigenvalue weighted by atomic mass is 16.5. The fraction of sp³-hybridized carbons (Fsp3) is 0.474. The van der Waals surface area contributed by atoms with Gasteiger partial charge in [-0.25, -0.2) is 4.98 Å². The summed E-state index contributed by atoms with van der Waals surface area (Å²) in [6, 6.07) is 7.86. The van der Waals surface area contributed by atoms with Crippen molar-refractivity contribution >= 4 is 5.91 Å². The normalized spacial score (nSPS) is 21.6. The standard InChI is InChI=1S/C19H26N4O2/c1-13-12-15(8-9-20-13)19(24)22-17(18-21-10-11-23(18)2)14-4-6-16(25-3)7-5-14/h4-7,10-11,13,15,17,20H,8-9,12H2,1-3H3,(H,22,24)/t13-,15-,17?/m0/s1. The van der Waals surface area contributed by atoms with E-state index in [4.69, 9.17) is 4.74 Å². The third-order valence-electron chi connectivity index (χ3n) is 4.85. The highest BCUT2D eigenvalue weighted by molar-refractivity contribution is 5.79. The lowest BCUT2D eigenvalue weighted by Crippen LogP contribution is -2.43. The molecule has 2 N–H and O–H groups in total. The summed E-state index contributed by atoms with van der Waals surface area (Å²) in [7, 11) is 3.59. The Hall–Kier alpha value is -2.34. The fourth-order valence-corrected chi connectivity index (χ4v) is 3.38. The Balaban J connectivity index is 1.83. The molecule has 1 saturated heterocycles. The van der Waals surface area contributed by atoms with Crippen LogP contribution >= 0.6 is 0 Å². The molecule has 6 heteroatoms. The number of benzene rings is 1. The number of piperidine rings is 1. The first-order valence-electron chi connectivity index (χ1n) is 8.73. The molecule has 2 heterocycles. The van der Waals surface area contributed by atoms with Gasteiger partial charge in [-0.2, -0.15) is 0 Å². The Kier molecular flexibility index (Phi) is 5.38. The number of carbonyl (C=O) groups excluding carboxylic acids is 1. The summed E-state index contributed by atoms with van der Waals surface area (Å²) in [5.74, 6) is 1.75. The van der Waals surface area contributed by atoms with Crippen LogP contribution in [0.2, 0.25) is 0 Å². The number of carbonyl (C=O) groups is 1. The highest BCUT2D eigenvalue weighted by Crippen LogP contribution is 2.25. The Morgan fingerprint density at radius 3 is 2.76 bits per heavy atom. The highest BCUT2D eigenvalue weighted by Gasteiger charge is 2.28. The first-order chi connectivity index (χ1) is 12.1. The van der Waals surface area contributed by atoms with Crippen LogP contribution in [0.5, 0.6) is 5.75 Å². The molecule has 1 unspecified atom stereocenters. The number of aryl methyl sites for hydroxylation is 1. The molecule has 6 nitrogen and oxygen atoms in total. The molecule has 2 aromatic rings. The summed E-state index contributed by atoms with van der Waals surface area (Å²) < 4.78 is 7.18. The van der Waals surface area contributed by atoms with E-state index in [2.05, 4.69) is 22.5 Å². The van der Waals surface area contributed by atoms with Crippen molar-refractivity contribution in [2.75, 3.05) is 13.7 Å². The Bertz CT molecular complexity index is 710. The second-order valence-corrected chi connectivity index (χ2v) is 6.69. The average molecular weight is 342 g/mol. The number of hydrogen-bond donors (Lipinski definition) is 2. The van der Waals surface area contributed by atoms with Gasteiger partial charge in [-0.05, 0) is 44.0 Å². The lowest BCUT2D eigenvalue weighted by atomic mass is 9.92. The monoisotopic (exact) mass is 342 g/mol. The van der Waals surface area contributed by atoms with E-state index in [-0.39, 0.29) is 17.9 Å². The smallest absolute Gasteiger partial charge is 0.224 e. The van der Waals surface area contributed by atoms with Crippen LogP contribution in [-0.4, -0.2) is 35.2 Å². The number of ether oxygens (including phenoxy) is 1. The predicted molar refractivity (Wildman–Crippen MR) is 96.4 cm³/mol. The van der Waals surface area contributed by atoms with Crippen molar-refractivity contribution < 1.29 is 9.53 Å². The van der Waals surface area contributed by atoms with Gasteiger partial charge in [0.25, 0.3) is 0 Å². The van der Waals surface area contributed by atoms with Crippen molar-refractivity contribution in [1.29, 1.82) is 0 Å². The van der Waals surface area contributed by atoms with Gasteiger partial charge in [0.15, 0.2) is 0 Å². The first kappa shape index (κ1) is 17.5. The van der Waals surface area contributed by atoms with Crippen molar-refractivity contribution in [3.8, 4) is 5.75 Å². The second-order valence-electron chi connectivity index (χ2n) is 6.69. The van der Waals surface area contributed by atoms with Crippen LogP contribution in [0, 0.1) is 5.92 Å². The summed E-state index contributed by atoms with van der Waals surface area (Å²) in [6.45, 7) is 3.01. The van der Waals surface area contributed by atoms with Crippen LogP contribution in [0.3, 0.4) is 0 Å². The minimum Gasteiger partial charge on any atom is -0.497 e. The molecule has 3 rings (SSSR count). The van der Waals surface area contributed by atoms with E-state index < -0.39 is 0 Å². The molecule has 3 atom stereocenters. The zero-order valence-corrected chi connectivity index (χ0v) is 15.0. The summed E-state index contributed by atoms with van der Waals surface area (Å²) in [6.07, 6.45) is 5.38. The molecule has 0 spiro atoms. The number of aromatic nitrogens is 2. The maximum Gasteiger partial charge on any atom is 0.224 e. The van der Waals surface area contributed by atoms with Crippen LogP contribution in [0.25, 0.3) is 0 Å². The lowest BCUT2D eigenvalue weighted by molar-refractivity contribution is -0.126. The van der Waals surface area contributed by atoms with Crippen LogP contribution in [0.4, 0.5) is 0 Å². The predicted octanol–water partition coefficient (Wildman–Crippen LogP) is 2.02.